The quantitative estimate of drug-likeness (QED) is 0.147. The van der Waals surface area contributed by atoms with Gasteiger partial charge in [-0.05, 0) is 247 Å². The predicted molar refractivity (Wildman–Crippen MR) is 442 cm³/mol. The Labute approximate surface area is 610 Å². The Hall–Kier alpha value is -9.12. The molecule has 0 bridgehead atoms. The van der Waals surface area contributed by atoms with Crippen LogP contribution in [0.4, 0.5) is 34.1 Å². The van der Waals surface area contributed by atoms with Crippen molar-refractivity contribution in [2.45, 2.75) is 207 Å². The van der Waals surface area contributed by atoms with Crippen molar-refractivity contribution in [3.8, 4) is 50.2 Å². The van der Waals surface area contributed by atoms with Gasteiger partial charge in [0.2, 0.25) is 0 Å². The van der Waals surface area contributed by atoms with Gasteiger partial charge >= 0.3 is 0 Å². The van der Waals surface area contributed by atoms with Crippen LogP contribution in [0, 0.1) is 0 Å². The summed E-state index contributed by atoms with van der Waals surface area (Å²) in [6.45, 7) is 47.4. The lowest BCUT2D eigenvalue weighted by Gasteiger charge is -2.45. The molecule has 0 N–H and O–H groups in total. The number of nitrogens with zero attached hydrogens (tertiary/aromatic N) is 3. The Bertz CT molecular complexity index is 5330. The van der Waals surface area contributed by atoms with E-state index in [-0.39, 0.29) is 50.0 Å². The molecule has 0 fully saturated rings. The van der Waals surface area contributed by atoms with Crippen LogP contribution in [0.5, 0.6) is 0 Å². The fourth-order valence-electron chi connectivity index (χ4n) is 17.7. The van der Waals surface area contributed by atoms with Crippen molar-refractivity contribution in [1.29, 1.82) is 0 Å². The molecular weight excluding hydrogens is 1230 g/mol. The predicted octanol–water partition coefficient (Wildman–Crippen LogP) is 25.4. The van der Waals surface area contributed by atoms with Gasteiger partial charge in [0, 0.05) is 50.6 Å². The van der Waals surface area contributed by atoms with E-state index in [2.05, 4.69) is 371 Å². The second-order valence-electron chi connectivity index (χ2n) is 37.7. The monoisotopic (exact) mass is 1330 g/mol. The molecule has 3 nitrogen and oxygen atoms in total. The Morgan fingerprint density at radius 3 is 1.21 bits per heavy atom. The molecule has 102 heavy (non-hydrogen) atoms. The van der Waals surface area contributed by atoms with E-state index in [1.807, 2.05) is 0 Å². The highest BCUT2D eigenvalue weighted by molar-refractivity contribution is 7.00. The Balaban J connectivity index is 0.972. The molecule has 2 aliphatic heterocycles. The molecule has 3 heterocycles. The molecule has 1 aromatic heterocycles. The van der Waals surface area contributed by atoms with Gasteiger partial charge in [-0.15, -0.1) is 0 Å². The van der Waals surface area contributed by atoms with Crippen molar-refractivity contribution < 1.29 is 0 Å². The van der Waals surface area contributed by atoms with E-state index in [4.69, 9.17) is 0 Å². The van der Waals surface area contributed by atoms with Crippen molar-refractivity contribution >= 4 is 79.0 Å². The van der Waals surface area contributed by atoms with Gasteiger partial charge < -0.3 is 14.4 Å². The molecule has 0 amide bonds. The third-order valence-corrected chi connectivity index (χ3v) is 24.6. The standard InChI is InChI=1S/C98H104BN3/c1-91(2,3)69-34-25-63(26-35-69)68-56-88-90-89(57-68)101(74-39-29-62(30-40-74)65-32-43-79-81(54-65)98(19,20)50-48-96(79,15)16)87-60-75(102-84-24-22-21-23-76(84)77-59-70(92(4,5)6)36-46-85(77)102)41-44-82(87)99(90)83-55-66(67-51-71(93(7,8)9)58-72(52-67)94(10,11)12)33-45-86(83)100(88)73-37-27-61(28-38-73)64-31-42-78-80(53-64)97(17,18)49-47-95(78,13)14/h21-46,51-60H,47-50H2,1-20H3. The Morgan fingerprint density at radius 1 is 0.275 bits per heavy atom. The lowest BCUT2D eigenvalue weighted by atomic mass is 9.33. The minimum atomic E-state index is -0.149. The number of benzene rings is 11. The van der Waals surface area contributed by atoms with Gasteiger partial charge in [-0.2, -0.15) is 0 Å². The third kappa shape index (κ3) is 11.3. The molecular formula is C98H104BN3. The van der Waals surface area contributed by atoms with Crippen molar-refractivity contribution in [2.24, 2.45) is 0 Å². The number of anilines is 6. The molecule has 0 spiro atoms. The largest absolute Gasteiger partial charge is 0.311 e. The first kappa shape index (κ1) is 67.4. The third-order valence-electron chi connectivity index (χ3n) is 24.6. The van der Waals surface area contributed by atoms with Crippen LogP contribution in [0.3, 0.4) is 0 Å². The summed E-state index contributed by atoms with van der Waals surface area (Å²) in [6.07, 6.45) is 4.74. The maximum Gasteiger partial charge on any atom is 0.252 e. The topological polar surface area (TPSA) is 11.4 Å². The molecule has 12 aromatic rings. The second kappa shape index (κ2) is 23.2. The van der Waals surface area contributed by atoms with Gasteiger partial charge in [0.25, 0.3) is 6.71 Å². The average molecular weight is 1330 g/mol. The fourth-order valence-corrected chi connectivity index (χ4v) is 17.7. The second-order valence-corrected chi connectivity index (χ2v) is 37.7. The smallest absolute Gasteiger partial charge is 0.252 e. The number of fused-ring (bicyclic) bond motifs is 9. The van der Waals surface area contributed by atoms with Crippen LogP contribution in [0.25, 0.3) is 72.0 Å². The van der Waals surface area contributed by atoms with Gasteiger partial charge in [0.1, 0.15) is 0 Å². The lowest BCUT2D eigenvalue weighted by molar-refractivity contribution is 0.332. The normalized spacial score (nSPS) is 16.5. The van der Waals surface area contributed by atoms with Crippen LogP contribution in [-0.4, -0.2) is 11.3 Å². The van der Waals surface area contributed by atoms with E-state index in [0.717, 1.165) is 17.1 Å². The van der Waals surface area contributed by atoms with Crippen LogP contribution in [-0.2, 0) is 43.3 Å². The maximum absolute atomic E-state index is 2.65. The van der Waals surface area contributed by atoms with E-state index in [1.165, 1.54) is 176 Å². The summed E-state index contributed by atoms with van der Waals surface area (Å²) in [5, 5.41) is 2.54. The van der Waals surface area contributed by atoms with Crippen molar-refractivity contribution in [3.63, 3.8) is 0 Å². The van der Waals surface area contributed by atoms with E-state index >= 15 is 0 Å². The molecule has 514 valence electrons. The molecule has 0 atom stereocenters. The molecule has 11 aromatic carbocycles. The van der Waals surface area contributed by atoms with Gasteiger partial charge in [-0.1, -0.05) is 284 Å². The zero-order valence-corrected chi connectivity index (χ0v) is 64.5. The molecule has 2 aliphatic carbocycles. The van der Waals surface area contributed by atoms with Crippen LogP contribution in [0.2, 0.25) is 0 Å². The molecule has 4 heteroatoms. The zero-order valence-electron chi connectivity index (χ0n) is 64.5. The number of para-hydroxylation sites is 1. The molecule has 0 unspecified atom stereocenters. The maximum atomic E-state index is 2.65. The first-order valence-electron chi connectivity index (χ1n) is 37.9. The fraction of sp³-hybridized carbons (Fsp3) is 0.327. The summed E-state index contributed by atoms with van der Waals surface area (Å²) < 4.78 is 2.53. The van der Waals surface area contributed by atoms with E-state index in [0.29, 0.717) is 0 Å². The summed E-state index contributed by atoms with van der Waals surface area (Å²) in [5.41, 5.74) is 35.9. The molecule has 16 rings (SSSR count). The summed E-state index contributed by atoms with van der Waals surface area (Å²) in [5.74, 6) is 0. The van der Waals surface area contributed by atoms with Crippen molar-refractivity contribution in [1.82, 2.24) is 4.57 Å². The Kier molecular flexibility index (Phi) is 15.3. The van der Waals surface area contributed by atoms with Crippen LogP contribution in [0.15, 0.2) is 218 Å². The summed E-state index contributed by atoms with van der Waals surface area (Å²) in [4.78, 5) is 5.27. The first-order chi connectivity index (χ1) is 48.0. The van der Waals surface area contributed by atoms with E-state index < -0.39 is 0 Å². The molecule has 0 saturated heterocycles. The summed E-state index contributed by atoms with van der Waals surface area (Å²) in [6, 6.07) is 87.0. The highest BCUT2D eigenvalue weighted by Gasteiger charge is 2.45. The van der Waals surface area contributed by atoms with E-state index in [9.17, 15) is 0 Å². The van der Waals surface area contributed by atoms with Gasteiger partial charge in [-0.3, -0.25) is 0 Å². The van der Waals surface area contributed by atoms with Crippen LogP contribution < -0.4 is 26.2 Å². The van der Waals surface area contributed by atoms with Gasteiger partial charge in [0.05, 0.1) is 11.0 Å². The SMILES string of the molecule is CC(C)(C)c1ccc(-c2cc3c4c(c2)N(c2ccc(-c5ccc6c(c5)C(C)(C)CCC6(C)C)cc2)c2cc(-n5c6ccccc6c6cc(C(C)(C)C)ccc65)ccc2B4c2cc(-c4cc(C(C)(C)C)cc(C(C)(C)C)c4)ccc2N3c2ccc(-c3ccc4c(c3)C(C)(C)CCC4(C)C)cc2)cc1. The summed E-state index contributed by atoms with van der Waals surface area (Å²) >= 11 is 0. The highest BCUT2D eigenvalue weighted by Crippen LogP contribution is 2.52. The molecule has 0 radical (unpaired) electrons. The average Bonchev–Trinajstić information content (AvgIpc) is 0.707. The number of aromatic nitrogens is 1. The number of hydrogen-bond acceptors (Lipinski definition) is 2. The molecule has 0 saturated carbocycles. The van der Waals surface area contributed by atoms with Crippen molar-refractivity contribution in [3.05, 3.63) is 263 Å². The zero-order chi connectivity index (χ0) is 71.9. The van der Waals surface area contributed by atoms with Crippen molar-refractivity contribution in [2.75, 3.05) is 9.80 Å². The highest BCUT2D eigenvalue weighted by atomic mass is 15.2. The van der Waals surface area contributed by atoms with Gasteiger partial charge in [-0.25, -0.2) is 0 Å². The lowest BCUT2D eigenvalue weighted by Crippen LogP contribution is -2.61. The number of rotatable bonds is 7. The van der Waals surface area contributed by atoms with Crippen LogP contribution >= 0.6 is 0 Å². The minimum absolute atomic E-state index is 0.00504. The molecule has 4 aliphatic rings. The Morgan fingerprint density at radius 2 is 0.686 bits per heavy atom. The van der Waals surface area contributed by atoms with Crippen LogP contribution in [0.1, 0.15) is 209 Å². The first-order valence-corrected chi connectivity index (χ1v) is 37.9. The number of hydrogen-bond donors (Lipinski definition) is 0. The minimum Gasteiger partial charge on any atom is -0.311 e. The van der Waals surface area contributed by atoms with Gasteiger partial charge in [0.15, 0.2) is 0 Å². The summed E-state index contributed by atoms with van der Waals surface area (Å²) in [7, 11) is 0. The van der Waals surface area contributed by atoms with E-state index in [1.54, 1.807) is 0 Å².